The Hall–Kier alpha value is -2.60. The Bertz CT molecular complexity index is 708. The summed E-state index contributed by atoms with van der Waals surface area (Å²) in [5.74, 6) is 1.30. The standard InChI is InChI=1S/C20H24N2O4/c1-24-17-6-2-7-18(11-17)26-15-20(23)22-10-4-8-19(13-22)25-14-16-5-3-9-21-12-16/h2-3,5-7,9,11-12,19H,4,8,10,13-15H2,1H3/t19-/m1/s1. The van der Waals surface area contributed by atoms with Crippen molar-refractivity contribution in [2.24, 2.45) is 0 Å². The van der Waals surface area contributed by atoms with Gasteiger partial charge in [-0.05, 0) is 36.6 Å². The molecule has 1 atom stereocenters. The van der Waals surface area contributed by atoms with Gasteiger partial charge in [0.2, 0.25) is 0 Å². The quantitative estimate of drug-likeness (QED) is 0.763. The fourth-order valence-corrected chi connectivity index (χ4v) is 2.93. The Labute approximate surface area is 153 Å². The number of hydrogen-bond acceptors (Lipinski definition) is 5. The van der Waals surface area contributed by atoms with Crippen LogP contribution in [-0.2, 0) is 16.1 Å². The van der Waals surface area contributed by atoms with Gasteiger partial charge in [-0.2, -0.15) is 0 Å². The number of likely N-dealkylation sites (tertiary alicyclic amines) is 1. The van der Waals surface area contributed by atoms with Crippen molar-refractivity contribution in [1.29, 1.82) is 0 Å². The third kappa shape index (κ3) is 5.20. The Morgan fingerprint density at radius 1 is 1.27 bits per heavy atom. The maximum Gasteiger partial charge on any atom is 0.260 e. The maximum atomic E-state index is 12.4. The zero-order chi connectivity index (χ0) is 18.2. The number of nitrogens with zero attached hydrogens (tertiary/aromatic N) is 2. The van der Waals surface area contributed by atoms with Crippen LogP contribution in [0.3, 0.4) is 0 Å². The predicted molar refractivity (Wildman–Crippen MR) is 97.1 cm³/mol. The molecule has 0 N–H and O–H groups in total. The second-order valence-electron chi connectivity index (χ2n) is 6.24. The van der Waals surface area contributed by atoms with E-state index >= 15 is 0 Å². The molecule has 0 spiro atoms. The SMILES string of the molecule is COc1cccc(OCC(=O)N2CCC[C@@H](OCc3cccnc3)C2)c1. The highest BCUT2D eigenvalue weighted by Gasteiger charge is 2.24. The minimum absolute atomic E-state index is 0.0164. The molecule has 0 unspecified atom stereocenters. The van der Waals surface area contributed by atoms with E-state index < -0.39 is 0 Å². The van der Waals surface area contributed by atoms with Crippen LogP contribution in [0.5, 0.6) is 11.5 Å². The van der Waals surface area contributed by atoms with Crippen molar-refractivity contribution < 1.29 is 19.0 Å². The molecule has 26 heavy (non-hydrogen) atoms. The fourth-order valence-electron chi connectivity index (χ4n) is 2.93. The molecule has 0 radical (unpaired) electrons. The molecular formula is C20H24N2O4. The van der Waals surface area contributed by atoms with E-state index in [2.05, 4.69) is 4.98 Å². The number of benzene rings is 1. The molecule has 1 aliphatic rings. The van der Waals surface area contributed by atoms with Gasteiger partial charge in [-0.25, -0.2) is 0 Å². The third-order valence-corrected chi connectivity index (χ3v) is 4.34. The summed E-state index contributed by atoms with van der Waals surface area (Å²) in [6, 6.07) is 11.1. The van der Waals surface area contributed by atoms with Crippen molar-refractivity contribution in [2.45, 2.75) is 25.6 Å². The molecule has 0 bridgehead atoms. The van der Waals surface area contributed by atoms with E-state index in [0.717, 1.165) is 24.9 Å². The van der Waals surface area contributed by atoms with Gasteiger partial charge in [0, 0.05) is 31.5 Å². The molecule has 2 heterocycles. The Balaban J connectivity index is 1.46. The normalized spacial score (nSPS) is 17.0. The summed E-state index contributed by atoms with van der Waals surface area (Å²) in [5.41, 5.74) is 1.04. The number of rotatable bonds is 7. The van der Waals surface area contributed by atoms with Crippen LogP contribution < -0.4 is 9.47 Å². The van der Waals surface area contributed by atoms with Crippen LogP contribution >= 0.6 is 0 Å². The largest absolute Gasteiger partial charge is 0.497 e. The molecule has 1 aromatic carbocycles. The highest BCUT2D eigenvalue weighted by Crippen LogP contribution is 2.19. The third-order valence-electron chi connectivity index (χ3n) is 4.34. The highest BCUT2D eigenvalue weighted by molar-refractivity contribution is 5.77. The summed E-state index contributed by atoms with van der Waals surface area (Å²) < 4.78 is 16.7. The smallest absolute Gasteiger partial charge is 0.260 e. The number of carbonyl (C=O) groups is 1. The summed E-state index contributed by atoms with van der Waals surface area (Å²) in [4.78, 5) is 18.4. The molecular weight excluding hydrogens is 332 g/mol. The molecule has 1 saturated heterocycles. The molecule has 6 nitrogen and oxygen atoms in total. The van der Waals surface area contributed by atoms with Crippen LogP contribution in [0.4, 0.5) is 0 Å². The minimum atomic E-state index is -0.0255. The van der Waals surface area contributed by atoms with Crippen molar-refractivity contribution in [3.63, 3.8) is 0 Å². The molecule has 3 rings (SSSR count). The van der Waals surface area contributed by atoms with Crippen LogP contribution in [-0.4, -0.2) is 48.7 Å². The maximum absolute atomic E-state index is 12.4. The van der Waals surface area contributed by atoms with Crippen molar-refractivity contribution >= 4 is 5.91 Å². The van der Waals surface area contributed by atoms with Gasteiger partial charge in [0.15, 0.2) is 6.61 Å². The van der Waals surface area contributed by atoms with Crippen molar-refractivity contribution in [1.82, 2.24) is 9.88 Å². The van der Waals surface area contributed by atoms with E-state index in [0.29, 0.717) is 24.7 Å². The van der Waals surface area contributed by atoms with Gasteiger partial charge in [0.1, 0.15) is 11.5 Å². The van der Waals surface area contributed by atoms with Gasteiger partial charge in [-0.1, -0.05) is 12.1 Å². The molecule has 1 amide bonds. The van der Waals surface area contributed by atoms with Crippen LogP contribution in [0.15, 0.2) is 48.8 Å². The molecule has 1 fully saturated rings. The topological polar surface area (TPSA) is 60.9 Å². The Morgan fingerprint density at radius 2 is 2.15 bits per heavy atom. The molecule has 1 aliphatic heterocycles. The number of pyridine rings is 1. The van der Waals surface area contributed by atoms with Gasteiger partial charge >= 0.3 is 0 Å². The predicted octanol–water partition coefficient (Wildman–Crippen LogP) is 2.68. The monoisotopic (exact) mass is 356 g/mol. The average molecular weight is 356 g/mol. The van der Waals surface area contributed by atoms with Crippen LogP contribution in [0.25, 0.3) is 0 Å². The van der Waals surface area contributed by atoms with Crippen LogP contribution in [0.2, 0.25) is 0 Å². The van der Waals surface area contributed by atoms with E-state index in [4.69, 9.17) is 14.2 Å². The number of hydrogen-bond donors (Lipinski definition) is 0. The first-order chi connectivity index (χ1) is 12.7. The number of methoxy groups -OCH3 is 1. The Kier molecular flexibility index (Phi) is 6.44. The number of ether oxygens (including phenoxy) is 3. The Morgan fingerprint density at radius 3 is 2.96 bits per heavy atom. The summed E-state index contributed by atoms with van der Waals surface area (Å²) >= 11 is 0. The van der Waals surface area contributed by atoms with Crippen LogP contribution in [0.1, 0.15) is 18.4 Å². The molecule has 0 saturated carbocycles. The summed E-state index contributed by atoms with van der Waals surface area (Å²) in [6.45, 7) is 1.87. The minimum Gasteiger partial charge on any atom is -0.497 e. The summed E-state index contributed by atoms with van der Waals surface area (Å²) in [6.07, 6.45) is 5.48. The average Bonchev–Trinajstić information content (AvgIpc) is 2.71. The second kappa shape index (κ2) is 9.20. The number of piperidine rings is 1. The van der Waals surface area contributed by atoms with E-state index in [-0.39, 0.29) is 18.6 Å². The molecule has 0 aliphatic carbocycles. The number of carbonyl (C=O) groups excluding carboxylic acids is 1. The second-order valence-corrected chi connectivity index (χ2v) is 6.24. The van der Waals surface area contributed by atoms with Gasteiger partial charge in [-0.3, -0.25) is 9.78 Å². The first-order valence-corrected chi connectivity index (χ1v) is 8.80. The number of amides is 1. The summed E-state index contributed by atoms with van der Waals surface area (Å²) in [7, 11) is 1.60. The highest BCUT2D eigenvalue weighted by atomic mass is 16.5. The fraction of sp³-hybridized carbons (Fsp3) is 0.400. The van der Waals surface area contributed by atoms with E-state index in [1.165, 1.54) is 0 Å². The van der Waals surface area contributed by atoms with Gasteiger partial charge in [0.25, 0.3) is 5.91 Å². The first-order valence-electron chi connectivity index (χ1n) is 8.80. The lowest BCUT2D eigenvalue weighted by atomic mass is 10.1. The van der Waals surface area contributed by atoms with E-state index in [1.807, 2.05) is 35.2 Å². The lowest BCUT2D eigenvalue weighted by molar-refractivity contribution is -0.137. The molecule has 1 aromatic heterocycles. The summed E-state index contributed by atoms with van der Waals surface area (Å²) in [5, 5.41) is 0. The van der Waals surface area contributed by atoms with E-state index in [1.54, 1.807) is 25.6 Å². The first kappa shape index (κ1) is 18.2. The van der Waals surface area contributed by atoms with Crippen LogP contribution in [0, 0.1) is 0 Å². The van der Waals surface area contributed by atoms with Crippen molar-refractivity contribution in [3.8, 4) is 11.5 Å². The zero-order valence-electron chi connectivity index (χ0n) is 15.0. The van der Waals surface area contributed by atoms with E-state index in [9.17, 15) is 4.79 Å². The lowest BCUT2D eigenvalue weighted by Crippen LogP contribution is -2.45. The van der Waals surface area contributed by atoms with Crippen molar-refractivity contribution in [3.05, 3.63) is 54.4 Å². The molecule has 2 aromatic rings. The van der Waals surface area contributed by atoms with Crippen molar-refractivity contribution in [2.75, 3.05) is 26.8 Å². The lowest BCUT2D eigenvalue weighted by Gasteiger charge is -2.32. The molecule has 138 valence electrons. The van der Waals surface area contributed by atoms with Gasteiger partial charge < -0.3 is 19.1 Å². The van der Waals surface area contributed by atoms with Gasteiger partial charge in [0.05, 0.1) is 19.8 Å². The molecule has 6 heteroatoms. The number of aromatic nitrogens is 1. The van der Waals surface area contributed by atoms with Gasteiger partial charge in [-0.15, -0.1) is 0 Å². The zero-order valence-corrected chi connectivity index (χ0v) is 15.0.